The molecule has 0 bridgehead atoms. The van der Waals surface area contributed by atoms with E-state index in [9.17, 15) is 9.59 Å². The molecule has 0 aliphatic heterocycles. The number of carbonyl (C=O) groups is 2. The molecule has 192 valence electrons. The minimum Gasteiger partial charge on any atom is -0.487 e. The highest BCUT2D eigenvalue weighted by atomic mass is 35.5. The van der Waals surface area contributed by atoms with Gasteiger partial charge in [-0.25, -0.2) is 4.79 Å². The van der Waals surface area contributed by atoms with Crippen molar-refractivity contribution in [1.29, 1.82) is 0 Å². The second kappa shape index (κ2) is 11.8. The molecule has 0 aromatic heterocycles. The van der Waals surface area contributed by atoms with Crippen molar-refractivity contribution in [3.05, 3.63) is 58.1 Å². The summed E-state index contributed by atoms with van der Waals surface area (Å²) >= 11 is 12.6. The van der Waals surface area contributed by atoms with E-state index in [1.165, 1.54) is 0 Å². The maximum absolute atomic E-state index is 13.2. The summed E-state index contributed by atoms with van der Waals surface area (Å²) in [4.78, 5) is 26.3. The monoisotopic (exact) mass is 532 g/mol. The molecule has 0 saturated carbocycles. The maximum Gasteiger partial charge on any atom is 0.345 e. The van der Waals surface area contributed by atoms with E-state index < -0.39 is 17.4 Å². The lowest BCUT2D eigenvalue weighted by Crippen LogP contribution is -2.29. The molecular weight excluding hydrogens is 503 g/mol. The van der Waals surface area contributed by atoms with Crippen LogP contribution in [0.4, 0.5) is 0 Å². The Hall–Kier alpha value is -2.96. The third kappa shape index (κ3) is 5.88. The predicted octanol–water partition coefficient (Wildman–Crippen LogP) is 7.89. The van der Waals surface area contributed by atoms with Gasteiger partial charge in [-0.3, -0.25) is 4.79 Å². The fourth-order valence-electron chi connectivity index (χ4n) is 3.84. The number of halogens is 2. The van der Waals surface area contributed by atoms with Gasteiger partial charge in [0.15, 0.2) is 11.5 Å². The molecule has 36 heavy (non-hydrogen) atoms. The molecule has 3 aromatic carbocycles. The maximum atomic E-state index is 13.2. The Morgan fingerprint density at radius 1 is 0.806 bits per heavy atom. The number of rotatable bonds is 10. The van der Waals surface area contributed by atoms with Gasteiger partial charge in [0, 0.05) is 15.8 Å². The van der Waals surface area contributed by atoms with Crippen LogP contribution in [-0.4, -0.2) is 25.2 Å². The first-order chi connectivity index (χ1) is 17.1. The van der Waals surface area contributed by atoms with Gasteiger partial charge in [0.05, 0.1) is 29.2 Å². The summed E-state index contributed by atoms with van der Waals surface area (Å²) in [6, 6.07) is 11.6. The molecule has 8 heteroatoms. The fraction of sp³-hybridized carbons (Fsp3) is 0.357. The lowest BCUT2D eigenvalue weighted by atomic mass is 9.88. The van der Waals surface area contributed by atoms with Gasteiger partial charge in [-0.1, -0.05) is 48.7 Å². The summed E-state index contributed by atoms with van der Waals surface area (Å²) in [6.45, 7) is 9.73. The quantitative estimate of drug-likeness (QED) is 0.195. The summed E-state index contributed by atoms with van der Waals surface area (Å²) in [5.74, 6) is -0.527. The molecule has 0 atom stereocenters. The Morgan fingerprint density at radius 3 is 2.00 bits per heavy atom. The molecule has 3 rings (SSSR count). The van der Waals surface area contributed by atoms with Crippen LogP contribution in [0.3, 0.4) is 0 Å². The summed E-state index contributed by atoms with van der Waals surface area (Å²) in [5, 5.41) is 1.56. The van der Waals surface area contributed by atoms with Crippen LogP contribution in [0.15, 0.2) is 42.5 Å². The second-order valence-corrected chi connectivity index (χ2v) is 9.61. The van der Waals surface area contributed by atoms with Crippen LogP contribution >= 0.6 is 23.2 Å². The van der Waals surface area contributed by atoms with Crippen molar-refractivity contribution in [1.82, 2.24) is 0 Å². The van der Waals surface area contributed by atoms with Gasteiger partial charge >= 0.3 is 11.9 Å². The third-order valence-corrected chi connectivity index (χ3v) is 6.14. The molecule has 0 unspecified atom stereocenters. The van der Waals surface area contributed by atoms with E-state index in [4.69, 9.17) is 42.1 Å². The van der Waals surface area contributed by atoms with Gasteiger partial charge in [0.25, 0.3) is 0 Å². The number of hydrogen-bond donors (Lipinski definition) is 0. The number of esters is 2. The average Bonchev–Trinajstić information content (AvgIpc) is 2.83. The Bertz CT molecular complexity index is 1270. The Morgan fingerprint density at radius 2 is 1.42 bits per heavy atom. The normalized spacial score (nSPS) is 11.3. The number of fused-ring (bicyclic) bond motifs is 1. The van der Waals surface area contributed by atoms with Gasteiger partial charge in [0.1, 0.15) is 0 Å². The molecule has 0 saturated heterocycles. The van der Waals surface area contributed by atoms with Crippen molar-refractivity contribution < 1.29 is 28.5 Å². The number of carbonyl (C=O) groups excluding carboxylic acids is 2. The lowest BCUT2D eigenvalue weighted by Gasteiger charge is -2.25. The van der Waals surface area contributed by atoms with Crippen molar-refractivity contribution in [3.63, 3.8) is 0 Å². The highest BCUT2D eigenvalue weighted by molar-refractivity contribution is 6.33. The van der Waals surface area contributed by atoms with Crippen LogP contribution in [0.1, 0.15) is 57.8 Å². The van der Waals surface area contributed by atoms with Gasteiger partial charge in [-0.05, 0) is 64.4 Å². The zero-order valence-electron chi connectivity index (χ0n) is 21.1. The number of benzene rings is 3. The standard InChI is InChI=1S/C28H30Cl2O6/c1-6-15-28(4,5)27(32)36-23-20-16-17(29)13-14-18(20)22(24(33-7-2)25(23)34-8-3)35-26(31)19-11-9-10-12-21(19)30/h9-14,16H,6-8,15H2,1-5H3. The highest BCUT2D eigenvalue weighted by Crippen LogP contribution is 2.52. The van der Waals surface area contributed by atoms with Gasteiger partial charge < -0.3 is 18.9 Å². The second-order valence-electron chi connectivity index (χ2n) is 8.77. The van der Waals surface area contributed by atoms with Crippen LogP contribution in [0.5, 0.6) is 23.0 Å². The first-order valence-corrected chi connectivity index (χ1v) is 12.6. The van der Waals surface area contributed by atoms with Crippen molar-refractivity contribution >= 4 is 45.9 Å². The largest absolute Gasteiger partial charge is 0.487 e. The first-order valence-electron chi connectivity index (χ1n) is 11.9. The van der Waals surface area contributed by atoms with Crippen LogP contribution in [-0.2, 0) is 4.79 Å². The lowest BCUT2D eigenvalue weighted by molar-refractivity contribution is -0.144. The molecule has 0 amide bonds. The van der Waals surface area contributed by atoms with E-state index in [0.29, 0.717) is 22.2 Å². The van der Waals surface area contributed by atoms with E-state index in [0.717, 1.165) is 6.42 Å². The SMILES string of the molecule is CCCC(C)(C)C(=O)Oc1c(OCC)c(OCC)c(OC(=O)c2ccccc2Cl)c2ccc(Cl)cc12. The highest BCUT2D eigenvalue weighted by Gasteiger charge is 2.33. The summed E-state index contributed by atoms with van der Waals surface area (Å²) < 4.78 is 23.7. The average molecular weight is 533 g/mol. The van der Waals surface area contributed by atoms with Crippen molar-refractivity contribution in [3.8, 4) is 23.0 Å². The summed E-state index contributed by atoms with van der Waals surface area (Å²) in [5.41, 5.74) is -0.539. The van der Waals surface area contributed by atoms with Crippen LogP contribution in [0.2, 0.25) is 10.0 Å². The molecule has 0 radical (unpaired) electrons. The zero-order valence-corrected chi connectivity index (χ0v) is 22.6. The van der Waals surface area contributed by atoms with Gasteiger partial charge in [0.2, 0.25) is 11.5 Å². The van der Waals surface area contributed by atoms with Crippen LogP contribution in [0.25, 0.3) is 10.8 Å². The predicted molar refractivity (Wildman–Crippen MR) is 142 cm³/mol. The molecule has 0 aliphatic carbocycles. The molecule has 0 fully saturated rings. The topological polar surface area (TPSA) is 71.1 Å². The number of ether oxygens (including phenoxy) is 4. The molecule has 0 aliphatic rings. The smallest absolute Gasteiger partial charge is 0.345 e. The van der Waals surface area contributed by atoms with E-state index in [2.05, 4.69) is 0 Å². The van der Waals surface area contributed by atoms with Crippen molar-refractivity contribution in [2.75, 3.05) is 13.2 Å². The van der Waals surface area contributed by atoms with Crippen molar-refractivity contribution in [2.45, 2.75) is 47.5 Å². The molecule has 3 aromatic rings. The Balaban J connectivity index is 2.27. The minimum atomic E-state index is -0.732. The molecule has 6 nitrogen and oxygen atoms in total. The minimum absolute atomic E-state index is 0.115. The van der Waals surface area contributed by atoms with Gasteiger partial charge in [-0.15, -0.1) is 0 Å². The molecule has 0 spiro atoms. The van der Waals surface area contributed by atoms with E-state index in [-0.39, 0.29) is 46.8 Å². The fourth-order valence-corrected chi connectivity index (χ4v) is 4.22. The van der Waals surface area contributed by atoms with E-state index >= 15 is 0 Å². The molecular formula is C28H30Cl2O6. The molecule has 0 N–H and O–H groups in total. The molecule has 0 heterocycles. The van der Waals surface area contributed by atoms with E-state index in [1.54, 1.807) is 56.3 Å². The van der Waals surface area contributed by atoms with Crippen LogP contribution < -0.4 is 18.9 Å². The van der Waals surface area contributed by atoms with Crippen LogP contribution in [0, 0.1) is 5.41 Å². The Labute approximate surface area is 221 Å². The Kier molecular flexibility index (Phi) is 9.09. The van der Waals surface area contributed by atoms with E-state index in [1.807, 2.05) is 20.8 Å². The summed E-state index contributed by atoms with van der Waals surface area (Å²) in [6.07, 6.45) is 1.45. The van der Waals surface area contributed by atoms with Crippen molar-refractivity contribution in [2.24, 2.45) is 5.41 Å². The van der Waals surface area contributed by atoms with Gasteiger partial charge in [-0.2, -0.15) is 0 Å². The summed E-state index contributed by atoms with van der Waals surface area (Å²) in [7, 11) is 0. The zero-order chi connectivity index (χ0) is 26.5. The number of hydrogen-bond acceptors (Lipinski definition) is 6. The first kappa shape index (κ1) is 27.6. The third-order valence-electron chi connectivity index (χ3n) is 5.58.